The van der Waals surface area contributed by atoms with Crippen LogP contribution in [0.2, 0.25) is 0 Å². The molecule has 1 rings (SSSR count). The maximum absolute atomic E-state index is 11.9. The number of nitrogens with one attached hydrogen (secondary N) is 1. The van der Waals surface area contributed by atoms with Gasteiger partial charge >= 0.3 is 0 Å². The van der Waals surface area contributed by atoms with Gasteiger partial charge in [-0.25, -0.2) is 0 Å². The highest BCUT2D eigenvalue weighted by Crippen LogP contribution is 2.20. The van der Waals surface area contributed by atoms with Crippen molar-refractivity contribution in [1.29, 1.82) is 0 Å². The predicted octanol–water partition coefficient (Wildman–Crippen LogP) is 3.38. The van der Waals surface area contributed by atoms with Gasteiger partial charge in [0.1, 0.15) is 5.75 Å². The van der Waals surface area contributed by atoms with E-state index in [1.54, 1.807) is 6.92 Å². The van der Waals surface area contributed by atoms with Gasteiger partial charge in [-0.2, -0.15) is 0 Å². The van der Waals surface area contributed by atoms with Gasteiger partial charge in [0.15, 0.2) is 6.10 Å². The van der Waals surface area contributed by atoms with Crippen LogP contribution in [0.5, 0.6) is 5.75 Å². The Morgan fingerprint density at radius 1 is 1.32 bits per heavy atom. The molecule has 106 valence electrons. The van der Waals surface area contributed by atoms with Crippen molar-refractivity contribution in [2.75, 3.05) is 6.54 Å². The maximum atomic E-state index is 11.9. The smallest absolute Gasteiger partial charge is 0.260 e. The lowest BCUT2D eigenvalue weighted by Gasteiger charge is -2.16. The van der Waals surface area contributed by atoms with Crippen LogP contribution in [-0.2, 0) is 4.79 Å². The quantitative estimate of drug-likeness (QED) is 0.766. The van der Waals surface area contributed by atoms with E-state index in [4.69, 9.17) is 4.74 Å². The minimum absolute atomic E-state index is 0.0444. The van der Waals surface area contributed by atoms with E-state index in [0.717, 1.165) is 42.7 Å². The molecule has 0 aliphatic rings. The summed E-state index contributed by atoms with van der Waals surface area (Å²) in [5, 5.41) is 2.91. The summed E-state index contributed by atoms with van der Waals surface area (Å²) in [6.45, 7) is 8.67. The van der Waals surface area contributed by atoms with E-state index >= 15 is 0 Å². The Morgan fingerprint density at radius 3 is 2.74 bits per heavy atom. The number of carbonyl (C=O) groups excluding carboxylic acids is 1. The Balaban J connectivity index is 2.47. The van der Waals surface area contributed by atoms with Crippen molar-refractivity contribution < 1.29 is 9.53 Å². The van der Waals surface area contributed by atoms with Crippen molar-refractivity contribution in [3.8, 4) is 5.75 Å². The second-order valence-corrected chi connectivity index (χ2v) is 5.03. The highest BCUT2D eigenvalue weighted by molar-refractivity contribution is 5.80. The Kier molecular flexibility index (Phi) is 6.40. The highest BCUT2D eigenvalue weighted by Gasteiger charge is 2.14. The SMILES string of the molecule is CCCCCNC(=O)[C@H](C)Oc1cc(C)ccc1C. The third kappa shape index (κ3) is 5.33. The topological polar surface area (TPSA) is 38.3 Å². The Hall–Kier alpha value is -1.51. The zero-order valence-corrected chi connectivity index (χ0v) is 12.5. The number of hydrogen-bond donors (Lipinski definition) is 1. The summed E-state index contributed by atoms with van der Waals surface area (Å²) < 4.78 is 5.73. The van der Waals surface area contributed by atoms with Crippen LogP contribution in [0.3, 0.4) is 0 Å². The zero-order chi connectivity index (χ0) is 14.3. The van der Waals surface area contributed by atoms with Crippen molar-refractivity contribution in [2.45, 2.75) is 53.1 Å². The lowest BCUT2D eigenvalue weighted by atomic mass is 10.1. The molecule has 3 nitrogen and oxygen atoms in total. The zero-order valence-electron chi connectivity index (χ0n) is 12.5. The van der Waals surface area contributed by atoms with Crippen LogP contribution >= 0.6 is 0 Å². The van der Waals surface area contributed by atoms with Crippen molar-refractivity contribution >= 4 is 5.91 Å². The molecule has 1 aromatic carbocycles. The molecule has 0 spiro atoms. The first-order valence-corrected chi connectivity index (χ1v) is 7.06. The molecule has 0 fully saturated rings. The molecule has 19 heavy (non-hydrogen) atoms. The first-order chi connectivity index (χ1) is 9.04. The fourth-order valence-electron chi connectivity index (χ4n) is 1.81. The highest BCUT2D eigenvalue weighted by atomic mass is 16.5. The molecule has 0 bridgehead atoms. The summed E-state index contributed by atoms with van der Waals surface area (Å²) in [7, 11) is 0. The molecule has 3 heteroatoms. The third-order valence-corrected chi connectivity index (χ3v) is 3.10. The average Bonchev–Trinajstić information content (AvgIpc) is 2.38. The summed E-state index contributed by atoms with van der Waals surface area (Å²) in [6, 6.07) is 6.02. The van der Waals surface area contributed by atoms with Gasteiger partial charge in [-0.1, -0.05) is 31.9 Å². The van der Waals surface area contributed by atoms with E-state index < -0.39 is 6.10 Å². The van der Waals surface area contributed by atoms with E-state index in [2.05, 4.69) is 12.2 Å². The van der Waals surface area contributed by atoms with Gasteiger partial charge in [0.25, 0.3) is 5.91 Å². The van der Waals surface area contributed by atoms with Gasteiger partial charge in [-0.05, 0) is 44.4 Å². The lowest BCUT2D eigenvalue weighted by molar-refractivity contribution is -0.127. The molecular weight excluding hydrogens is 238 g/mol. The van der Waals surface area contributed by atoms with Gasteiger partial charge in [0, 0.05) is 6.54 Å². The number of rotatable bonds is 7. The van der Waals surface area contributed by atoms with Crippen molar-refractivity contribution in [3.05, 3.63) is 29.3 Å². The van der Waals surface area contributed by atoms with Gasteiger partial charge in [0.2, 0.25) is 0 Å². The monoisotopic (exact) mass is 263 g/mol. The van der Waals surface area contributed by atoms with Crippen molar-refractivity contribution in [2.24, 2.45) is 0 Å². The molecule has 0 heterocycles. The molecule has 1 atom stereocenters. The van der Waals surface area contributed by atoms with Crippen LogP contribution in [0.1, 0.15) is 44.2 Å². The van der Waals surface area contributed by atoms with E-state index in [0.29, 0.717) is 0 Å². The number of amides is 1. The summed E-state index contributed by atoms with van der Waals surface area (Å²) in [5.41, 5.74) is 2.19. The second-order valence-electron chi connectivity index (χ2n) is 5.03. The standard InChI is InChI=1S/C16H25NO2/c1-5-6-7-10-17-16(18)14(4)19-15-11-12(2)8-9-13(15)3/h8-9,11,14H,5-7,10H2,1-4H3,(H,17,18)/t14-/m0/s1. The number of ether oxygens (including phenoxy) is 1. The van der Waals surface area contributed by atoms with Crippen molar-refractivity contribution in [1.82, 2.24) is 5.32 Å². The van der Waals surface area contributed by atoms with Crippen LogP contribution in [-0.4, -0.2) is 18.6 Å². The normalized spacial score (nSPS) is 12.0. The van der Waals surface area contributed by atoms with Crippen LogP contribution in [0.4, 0.5) is 0 Å². The van der Waals surface area contributed by atoms with Crippen LogP contribution < -0.4 is 10.1 Å². The molecule has 0 saturated heterocycles. The fraction of sp³-hybridized carbons (Fsp3) is 0.562. The molecule has 1 aromatic rings. The fourth-order valence-corrected chi connectivity index (χ4v) is 1.81. The molecular formula is C16H25NO2. The summed E-state index contributed by atoms with van der Waals surface area (Å²) >= 11 is 0. The average molecular weight is 263 g/mol. The first kappa shape index (κ1) is 15.5. The summed E-state index contributed by atoms with van der Waals surface area (Å²) in [4.78, 5) is 11.9. The van der Waals surface area contributed by atoms with Crippen LogP contribution in [0.15, 0.2) is 18.2 Å². The third-order valence-electron chi connectivity index (χ3n) is 3.10. The van der Waals surface area contributed by atoms with Gasteiger partial charge in [0.05, 0.1) is 0 Å². The number of aryl methyl sites for hydroxylation is 2. The Bertz CT molecular complexity index is 415. The largest absolute Gasteiger partial charge is 0.481 e. The van der Waals surface area contributed by atoms with Gasteiger partial charge in [-0.15, -0.1) is 0 Å². The first-order valence-electron chi connectivity index (χ1n) is 7.06. The van der Waals surface area contributed by atoms with Gasteiger partial charge in [-0.3, -0.25) is 4.79 Å². The Morgan fingerprint density at radius 2 is 2.05 bits per heavy atom. The second kappa shape index (κ2) is 7.82. The molecule has 0 aliphatic carbocycles. The van der Waals surface area contributed by atoms with Crippen molar-refractivity contribution in [3.63, 3.8) is 0 Å². The van der Waals surface area contributed by atoms with Crippen LogP contribution in [0.25, 0.3) is 0 Å². The molecule has 0 radical (unpaired) electrons. The number of unbranched alkanes of at least 4 members (excludes halogenated alkanes) is 2. The minimum atomic E-state index is -0.456. The number of hydrogen-bond acceptors (Lipinski definition) is 2. The van der Waals surface area contributed by atoms with E-state index in [9.17, 15) is 4.79 Å². The van der Waals surface area contributed by atoms with Gasteiger partial charge < -0.3 is 10.1 Å². The maximum Gasteiger partial charge on any atom is 0.260 e. The van der Waals surface area contributed by atoms with Crippen LogP contribution in [0, 0.1) is 13.8 Å². The van der Waals surface area contributed by atoms with E-state index in [1.807, 2.05) is 32.0 Å². The molecule has 0 unspecified atom stereocenters. The summed E-state index contributed by atoms with van der Waals surface area (Å²) in [5.74, 6) is 0.744. The van der Waals surface area contributed by atoms with E-state index in [1.165, 1.54) is 0 Å². The number of benzene rings is 1. The molecule has 0 aromatic heterocycles. The Labute approximate surface area is 116 Å². The predicted molar refractivity (Wildman–Crippen MR) is 78.5 cm³/mol. The molecule has 0 aliphatic heterocycles. The molecule has 1 amide bonds. The minimum Gasteiger partial charge on any atom is -0.481 e. The summed E-state index contributed by atoms with van der Waals surface area (Å²) in [6.07, 6.45) is 2.87. The van der Waals surface area contributed by atoms with E-state index in [-0.39, 0.29) is 5.91 Å². The number of carbonyl (C=O) groups is 1. The molecule has 1 N–H and O–H groups in total. The molecule has 0 saturated carbocycles. The lowest BCUT2D eigenvalue weighted by Crippen LogP contribution is -2.36.